The van der Waals surface area contributed by atoms with Gasteiger partial charge in [0.15, 0.2) is 0 Å². The van der Waals surface area contributed by atoms with Crippen LogP contribution >= 0.6 is 11.6 Å². The molecule has 0 unspecified atom stereocenters. The number of alkyl halides is 1. The van der Waals surface area contributed by atoms with E-state index < -0.39 is 0 Å². The van der Waals surface area contributed by atoms with Gasteiger partial charge in [0.05, 0.1) is 6.04 Å². The van der Waals surface area contributed by atoms with Crippen LogP contribution < -0.4 is 4.74 Å². The minimum Gasteiger partial charge on any atom is -0.491 e. The van der Waals surface area contributed by atoms with Crippen molar-refractivity contribution >= 4 is 17.5 Å². The molecular formula is C13H15ClFNO2. The number of carbonyl (C=O) groups excluding carboxylic acids is 1. The lowest BCUT2D eigenvalue weighted by Crippen LogP contribution is -2.39. The van der Waals surface area contributed by atoms with Gasteiger partial charge in [-0.1, -0.05) is 0 Å². The van der Waals surface area contributed by atoms with E-state index in [1.54, 1.807) is 17.0 Å². The van der Waals surface area contributed by atoms with Crippen molar-refractivity contribution < 1.29 is 13.9 Å². The minimum absolute atomic E-state index is 0.00699. The van der Waals surface area contributed by atoms with Gasteiger partial charge in [0.1, 0.15) is 24.1 Å². The second-order valence-electron chi connectivity index (χ2n) is 4.28. The molecule has 0 spiro atoms. The lowest BCUT2D eigenvalue weighted by molar-refractivity contribution is -0.129. The Morgan fingerprint density at radius 1 is 1.44 bits per heavy atom. The summed E-state index contributed by atoms with van der Waals surface area (Å²) in [6.07, 6.45) is 1.89. The van der Waals surface area contributed by atoms with Crippen molar-refractivity contribution in [3.05, 3.63) is 30.1 Å². The summed E-state index contributed by atoms with van der Waals surface area (Å²) in [6.45, 7) is 1.16. The first-order valence-electron chi connectivity index (χ1n) is 5.94. The number of likely N-dealkylation sites (tertiary alicyclic amines) is 1. The first-order chi connectivity index (χ1) is 8.70. The Labute approximate surface area is 110 Å². The number of benzene rings is 1. The predicted molar refractivity (Wildman–Crippen MR) is 67.4 cm³/mol. The van der Waals surface area contributed by atoms with Crippen LogP contribution in [0.25, 0.3) is 0 Å². The first kappa shape index (κ1) is 13.1. The van der Waals surface area contributed by atoms with Crippen LogP contribution in [0, 0.1) is 5.82 Å². The van der Waals surface area contributed by atoms with Crippen molar-refractivity contribution in [2.45, 2.75) is 18.9 Å². The van der Waals surface area contributed by atoms with Gasteiger partial charge in [-0.3, -0.25) is 4.79 Å². The Hall–Kier alpha value is -1.29. The van der Waals surface area contributed by atoms with Crippen LogP contribution in [0.5, 0.6) is 5.75 Å². The zero-order chi connectivity index (χ0) is 13.0. The number of hydrogen-bond donors (Lipinski definition) is 0. The normalized spacial score (nSPS) is 19.0. The van der Waals surface area contributed by atoms with E-state index in [1.807, 2.05) is 0 Å². The predicted octanol–water partition coefficient (Wildman–Crippen LogP) is 2.43. The van der Waals surface area contributed by atoms with E-state index in [1.165, 1.54) is 12.1 Å². The van der Waals surface area contributed by atoms with Crippen LogP contribution in [0.4, 0.5) is 4.39 Å². The highest BCUT2D eigenvalue weighted by Gasteiger charge is 2.28. The Bertz CT molecular complexity index is 410. The van der Waals surface area contributed by atoms with Gasteiger partial charge in [0.25, 0.3) is 0 Å². The number of ether oxygens (including phenoxy) is 1. The maximum atomic E-state index is 12.7. The smallest absolute Gasteiger partial charge is 0.237 e. The molecule has 0 aromatic heterocycles. The lowest BCUT2D eigenvalue weighted by Gasteiger charge is -2.24. The molecule has 18 heavy (non-hydrogen) atoms. The summed E-state index contributed by atoms with van der Waals surface area (Å²) in [7, 11) is 0. The van der Waals surface area contributed by atoms with Crippen LogP contribution in [0.3, 0.4) is 0 Å². The molecule has 1 saturated heterocycles. The summed E-state index contributed by atoms with van der Waals surface area (Å²) in [4.78, 5) is 13.3. The van der Waals surface area contributed by atoms with Crippen LogP contribution in [-0.2, 0) is 4.79 Å². The second-order valence-corrected chi connectivity index (χ2v) is 4.55. The largest absolute Gasteiger partial charge is 0.491 e. The average Bonchev–Trinajstić information content (AvgIpc) is 2.85. The van der Waals surface area contributed by atoms with E-state index in [0.717, 1.165) is 19.4 Å². The van der Waals surface area contributed by atoms with Gasteiger partial charge < -0.3 is 9.64 Å². The molecule has 1 heterocycles. The Balaban J connectivity index is 1.89. The van der Waals surface area contributed by atoms with E-state index >= 15 is 0 Å². The standard InChI is InChI=1S/C13H15ClFNO2/c14-8-13(17)16-7-1-2-11(16)9-18-12-5-3-10(15)4-6-12/h3-6,11H,1-2,7-9H2/t11-/m0/s1. The molecule has 3 nitrogen and oxygen atoms in total. The van der Waals surface area contributed by atoms with Crippen LogP contribution in [0.15, 0.2) is 24.3 Å². The number of hydrogen-bond acceptors (Lipinski definition) is 2. The van der Waals surface area contributed by atoms with Gasteiger partial charge in [0, 0.05) is 6.54 Å². The number of nitrogens with zero attached hydrogens (tertiary/aromatic N) is 1. The summed E-state index contributed by atoms with van der Waals surface area (Å²) in [5.41, 5.74) is 0. The quantitative estimate of drug-likeness (QED) is 0.787. The van der Waals surface area contributed by atoms with Gasteiger partial charge in [-0.25, -0.2) is 4.39 Å². The van der Waals surface area contributed by atoms with Crippen molar-refractivity contribution in [1.29, 1.82) is 0 Å². The Morgan fingerprint density at radius 2 is 2.17 bits per heavy atom. The van der Waals surface area contributed by atoms with E-state index in [2.05, 4.69) is 0 Å². The number of halogens is 2. The summed E-state index contributed by atoms with van der Waals surface area (Å²) >= 11 is 5.56. The topological polar surface area (TPSA) is 29.5 Å². The highest BCUT2D eigenvalue weighted by atomic mass is 35.5. The molecule has 1 aromatic carbocycles. The SMILES string of the molecule is O=C(CCl)N1CCC[C@H]1COc1ccc(F)cc1. The minimum atomic E-state index is -0.290. The first-order valence-corrected chi connectivity index (χ1v) is 6.48. The fourth-order valence-corrected chi connectivity index (χ4v) is 2.29. The van der Waals surface area contributed by atoms with E-state index in [4.69, 9.17) is 16.3 Å². The maximum Gasteiger partial charge on any atom is 0.237 e. The average molecular weight is 272 g/mol. The zero-order valence-electron chi connectivity index (χ0n) is 9.94. The van der Waals surface area contributed by atoms with Gasteiger partial charge >= 0.3 is 0 Å². The molecule has 1 aromatic rings. The third-order valence-electron chi connectivity index (χ3n) is 3.07. The van der Waals surface area contributed by atoms with Crippen molar-refractivity contribution in [1.82, 2.24) is 4.90 Å². The molecule has 0 aliphatic carbocycles. The molecule has 2 rings (SSSR count). The van der Waals surface area contributed by atoms with Crippen molar-refractivity contribution in [3.8, 4) is 5.75 Å². The van der Waals surface area contributed by atoms with Gasteiger partial charge in [0.2, 0.25) is 5.91 Å². The fraction of sp³-hybridized carbons (Fsp3) is 0.462. The van der Waals surface area contributed by atoms with Gasteiger partial charge in [-0.15, -0.1) is 11.6 Å². The molecule has 0 radical (unpaired) electrons. The molecular weight excluding hydrogens is 257 g/mol. The summed E-state index contributed by atoms with van der Waals surface area (Å²) < 4.78 is 18.3. The van der Waals surface area contributed by atoms with E-state index in [9.17, 15) is 9.18 Å². The van der Waals surface area contributed by atoms with Crippen LogP contribution in [0.1, 0.15) is 12.8 Å². The number of amides is 1. The third-order valence-corrected chi connectivity index (χ3v) is 3.30. The highest BCUT2D eigenvalue weighted by Crippen LogP contribution is 2.19. The Kier molecular flexibility index (Phi) is 4.42. The highest BCUT2D eigenvalue weighted by molar-refractivity contribution is 6.27. The third kappa shape index (κ3) is 3.13. The maximum absolute atomic E-state index is 12.7. The Morgan fingerprint density at radius 3 is 2.83 bits per heavy atom. The summed E-state index contributed by atoms with van der Waals surface area (Å²) in [6, 6.07) is 5.94. The molecule has 0 saturated carbocycles. The molecule has 98 valence electrons. The fourth-order valence-electron chi connectivity index (χ4n) is 2.14. The molecule has 1 amide bonds. The van der Waals surface area contributed by atoms with Crippen LogP contribution in [0.2, 0.25) is 0 Å². The summed E-state index contributed by atoms with van der Waals surface area (Å²) in [5, 5.41) is 0. The van der Waals surface area contributed by atoms with Crippen molar-refractivity contribution in [2.24, 2.45) is 0 Å². The van der Waals surface area contributed by atoms with Gasteiger partial charge in [-0.2, -0.15) is 0 Å². The molecule has 0 N–H and O–H groups in total. The van der Waals surface area contributed by atoms with Crippen molar-refractivity contribution in [2.75, 3.05) is 19.0 Å². The lowest BCUT2D eigenvalue weighted by atomic mass is 10.2. The second kappa shape index (κ2) is 6.05. The van der Waals surface area contributed by atoms with Crippen molar-refractivity contribution in [3.63, 3.8) is 0 Å². The summed E-state index contributed by atoms with van der Waals surface area (Å²) in [5.74, 6) is 0.276. The monoisotopic (exact) mass is 271 g/mol. The molecule has 5 heteroatoms. The van der Waals surface area contributed by atoms with E-state index in [0.29, 0.717) is 12.4 Å². The number of carbonyl (C=O) groups is 1. The van der Waals surface area contributed by atoms with E-state index in [-0.39, 0.29) is 23.6 Å². The molecule has 1 atom stereocenters. The van der Waals surface area contributed by atoms with Gasteiger partial charge in [-0.05, 0) is 37.1 Å². The number of rotatable bonds is 4. The molecule has 0 bridgehead atoms. The zero-order valence-corrected chi connectivity index (χ0v) is 10.7. The molecule has 1 fully saturated rings. The van der Waals surface area contributed by atoms with Crippen LogP contribution in [-0.4, -0.2) is 35.9 Å². The molecule has 1 aliphatic rings. The molecule has 1 aliphatic heterocycles.